The van der Waals surface area contributed by atoms with Gasteiger partial charge in [0.15, 0.2) is 0 Å². The van der Waals surface area contributed by atoms with Crippen LogP contribution in [0.5, 0.6) is 0 Å². The molecule has 1 atom stereocenters. The van der Waals surface area contributed by atoms with E-state index in [1.165, 1.54) is 0 Å². The van der Waals surface area contributed by atoms with Gasteiger partial charge in [-0.05, 0) is 51.1 Å². The van der Waals surface area contributed by atoms with E-state index in [0.29, 0.717) is 11.6 Å². The Hall–Kier alpha value is -1.85. The van der Waals surface area contributed by atoms with Crippen LogP contribution < -0.4 is 5.32 Å². The molecule has 1 aromatic carbocycles. The van der Waals surface area contributed by atoms with Crippen LogP contribution in [0.25, 0.3) is 0 Å². The maximum atomic E-state index is 12.6. The molecule has 1 N–H and O–H groups in total. The molecule has 1 aliphatic heterocycles. The molecule has 0 spiro atoms. The van der Waals surface area contributed by atoms with Gasteiger partial charge in [0.25, 0.3) is 0 Å². The van der Waals surface area contributed by atoms with E-state index in [2.05, 4.69) is 22.4 Å². The first kappa shape index (κ1) is 17.0. The summed E-state index contributed by atoms with van der Waals surface area (Å²) in [5.41, 5.74) is 1.98. The molecule has 1 aromatic heterocycles. The van der Waals surface area contributed by atoms with Crippen molar-refractivity contribution in [1.29, 1.82) is 0 Å². The van der Waals surface area contributed by atoms with Gasteiger partial charge in [-0.15, -0.1) is 0 Å². The smallest absolute Gasteiger partial charge is 0.229 e. The third kappa shape index (κ3) is 4.16. The van der Waals surface area contributed by atoms with Gasteiger partial charge in [-0.1, -0.05) is 23.7 Å². The predicted molar refractivity (Wildman–Crippen MR) is 96.4 cm³/mol. The largest absolute Gasteiger partial charge is 0.311 e. The van der Waals surface area contributed by atoms with Gasteiger partial charge in [-0.2, -0.15) is 5.10 Å². The van der Waals surface area contributed by atoms with Gasteiger partial charge < -0.3 is 10.2 Å². The van der Waals surface area contributed by atoms with Crippen molar-refractivity contribution in [3.63, 3.8) is 0 Å². The van der Waals surface area contributed by atoms with Gasteiger partial charge in [-0.3, -0.25) is 4.79 Å². The lowest BCUT2D eigenvalue weighted by molar-refractivity contribution is -0.121. The zero-order chi connectivity index (χ0) is 17.1. The second kappa shape index (κ2) is 7.36. The van der Waals surface area contributed by atoms with Gasteiger partial charge in [-0.25, -0.2) is 4.68 Å². The van der Waals surface area contributed by atoms with Crippen molar-refractivity contribution in [1.82, 2.24) is 14.7 Å². The second-order valence-electron chi connectivity index (χ2n) is 6.55. The van der Waals surface area contributed by atoms with Crippen molar-refractivity contribution in [2.75, 3.05) is 25.5 Å². The Kier molecular flexibility index (Phi) is 5.21. The summed E-state index contributed by atoms with van der Waals surface area (Å²) in [5, 5.41) is 8.28. The number of hydrogen-bond acceptors (Lipinski definition) is 3. The minimum atomic E-state index is 0.0444. The average molecular weight is 347 g/mol. The summed E-state index contributed by atoms with van der Waals surface area (Å²) in [5.74, 6) is 0.877. The molecule has 2 heterocycles. The summed E-state index contributed by atoms with van der Waals surface area (Å²) in [7, 11) is 2.06. The number of aromatic nitrogens is 2. The normalized spacial score (nSPS) is 18.5. The standard InChI is InChI=1S/C18H23ClN4O/c1-13-10-17(20-18(24)15-4-3-9-22(2)12-15)23(21-13)11-14-5-7-16(19)8-6-14/h5-8,10,15H,3-4,9,11-12H2,1-2H3,(H,20,24). The Balaban J connectivity index is 1.71. The summed E-state index contributed by atoms with van der Waals surface area (Å²) < 4.78 is 1.84. The van der Waals surface area contributed by atoms with Crippen LogP contribution in [0.3, 0.4) is 0 Å². The molecule has 3 rings (SSSR count). The molecule has 1 unspecified atom stereocenters. The van der Waals surface area contributed by atoms with Gasteiger partial charge in [0.05, 0.1) is 18.2 Å². The first-order valence-electron chi connectivity index (χ1n) is 8.29. The molecule has 1 aliphatic rings. The van der Waals surface area contributed by atoms with Crippen LogP contribution in [0.2, 0.25) is 5.02 Å². The third-order valence-corrected chi connectivity index (χ3v) is 4.65. The third-order valence-electron chi connectivity index (χ3n) is 4.39. The Morgan fingerprint density at radius 1 is 1.38 bits per heavy atom. The Morgan fingerprint density at radius 2 is 2.12 bits per heavy atom. The number of carbonyl (C=O) groups excluding carboxylic acids is 1. The Labute approximate surface area is 147 Å². The number of benzene rings is 1. The maximum Gasteiger partial charge on any atom is 0.229 e. The first-order valence-corrected chi connectivity index (χ1v) is 8.67. The number of nitrogens with one attached hydrogen (secondary N) is 1. The minimum absolute atomic E-state index is 0.0444. The van der Waals surface area contributed by atoms with Gasteiger partial charge >= 0.3 is 0 Å². The molecular weight excluding hydrogens is 324 g/mol. The molecule has 0 aliphatic carbocycles. The lowest BCUT2D eigenvalue weighted by Gasteiger charge is -2.28. The van der Waals surface area contributed by atoms with Crippen LogP contribution in [0, 0.1) is 12.8 Å². The predicted octanol–water partition coefficient (Wildman–Crippen LogP) is 3.17. The topological polar surface area (TPSA) is 50.2 Å². The van der Waals surface area contributed by atoms with E-state index in [9.17, 15) is 4.79 Å². The zero-order valence-corrected chi connectivity index (χ0v) is 14.9. The molecule has 128 valence electrons. The molecule has 24 heavy (non-hydrogen) atoms. The highest BCUT2D eigenvalue weighted by Crippen LogP contribution is 2.19. The highest BCUT2D eigenvalue weighted by molar-refractivity contribution is 6.30. The lowest BCUT2D eigenvalue weighted by Crippen LogP contribution is -2.38. The number of halogens is 1. The van der Waals surface area contributed by atoms with Crippen LogP contribution in [-0.2, 0) is 11.3 Å². The second-order valence-corrected chi connectivity index (χ2v) is 6.98. The SMILES string of the molecule is Cc1cc(NC(=O)C2CCCN(C)C2)n(Cc2ccc(Cl)cc2)n1. The van der Waals surface area contributed by atoms with Crippen LogP contribution in [0.4, 0.5) is 5.82 Å². The number of rotatable bonds is 4. The first-order chi connectivity index (χ1) is 11.5. The van der Waals surface area contributed by atoms with E-state index in [4.69, 9.17) is 11.6 Å². The van der Waals surface area contributed by atoms with Crippen molar-refractivity contribution in [3.8, 4) is 0 Å². The van der Waals surface area contributed by atoms with Crippen molar-refractivity contribution in [3.05, 3.63) is 46.6 Å². The summed E-state index contributed by atoms with van der Waals surface area (Å²) in [6.45, 7) is 4.42. The van der Waals surface area contributed by atoms with E-state index in [-0.39, 0.29) is 11.8 Å². The van der Waals surface area contributed by atoms with Gasteiger partial charge in [0.2, 0.25) is 5.91 Å². The summed E-state index contributed by atoms with van der Waals surface area (Å²) in [4.78, 5) is 14.8. The van der Waals surface area contributed by atoms with Crippen LogP contribution in [0.1, 0.15) is 24.1 Å². The number of hydrogen-bond donors (Lipinski definition) is 1. The van der Waals surface area contributed by atoms with E-state index >= 15 is 0 Å². The fraction of sp³-hybridized carbons (Fsp3) is 0.444. The van der Waals surface area contributed by atoms with Gasteiger partial charge in [0, 0.05) is 17.6 Å². The molecule has 2 aromatic rings. The van der Waals surface area contributed by atoms with Crippen LogP contribution in [0.15, 0.2) is 30.3 Å². The lowest BCUT2D eigenvalue weighted by atomic mass is 9.98. The molecule has 5 nitrogen and oxygen atoms in total. The molecule has 0 bridgehead atoms. The number of likely N-dealkylation sites (tertiary alicyclic amines) is 1. The van der Waals surface area contributed by atoms with Crippen molar-refractivity contribution in [2.24, 2.45) is 5.92 Å². The fourth-order valence-electron chi connectivity index (χ4n) is 3.14. The molecule has 0 saturated carbocycles. The number of amides is 1. The van der Waals surface area contributed by atoms with E-state index < -0.39 is 0 Å². The summed E-state index contributed by atoms with van der Waals surface area (Å²) in [6, 6.07) is 9.59. The number of anilines is 1. The number of piperidine rings is 1. The van der Waals surface area contributed by atoms with Crippen molar-refractivity contribution >= 4 is 23.3 Å². The highest BCUT2D eigenvalue weighted by atomic mass is 35.5. The van der Waals surface area contributed by atoms with Crippen LogP contribution in [-0.4, -0.2) is 40.7 Å². The molecule has 1 fully saturated rings. The minimum Gasteiger partial charge on any atom is -0.311 e. The fourth-order valence-corrected chi connectivity index (χ4v) is 3.26. The average Bonchev–Trinajstić information content (AvgIpc) is 2.89. The zero-order valence-electron chi connectivity index (χ0n) is 14.1. The highest BCUT2D eigenvalue weighted by Gasteiger charge is 2.24. The Bertz CT molecular complexity index is 710. The van der Waals surface area contributed by atoms with Crippen molar-refractivity contribution in [2.45, 2.75) is 26.3 Å². The van der Waals surface area contributed by atoms with Crippen LogP contribution >= 0.6 is 11.6 Å². The molecule has 1 saturated heterocycles. The maximum absolute atomic E-state index is 12.6. The number of carbonyl (C=O) groups is 1. The Morgan fingerprint density at radius 3 is 2.83 bits per heavy atom. The van der Waals surface area contributed by atoms with Gasteiger partial charge in [0.1, 0.15) is 5.82 Å². The summed E-state index contributed by atoms with van der Waals surface area (Å²) in [6.07, 6.45) is 2.01. The number of nitrogens with zero attached hydrogens (tertiary/aromatic N) is 3. The summed E-state index contributed by atoms with van der Waals surface area (Å²) >= 11 is 5.93. The monoisotopic (exact) mass is 346 g/mol. The molecular formula is C18H23ClN4O. The molecule has 6 heteroatoms. The number of aryl methyl sites for hydroxylation is 1. The molecule has 0 radical (unpaired) electrons. The quantitative estimate of drug-likeness (QED) is 0.925. The van der Waals surface area contributed by atoms with Crippen molar-refractivity contribution < 1.29 is 4.79 Å². The van der Waals surface area contributed by atoms with E-state index in [1.54, 1.807) is 0 Å². The van der Waals surface area contributed by atoms with E-state index in [1.807, 2.05) is 41.9 Å². The molecule has 1 amide bonds. The van der Waals surface area contributed by atoms with E-state index in [0.717, 1.165) is 43.0 Å².